The van der Waals surface area contributed by atoms with Gasteiger partial charge in [-0.1, -0.05) is 25.3 Å². The molecule has 2 N–H and O–H groups in total. The minimum Gasteiger partial charge on any atom is -0.497 e. The number of nitrogens with zero attached hydrogens (tertiary/aromatic N) is 3. The molecule has 1 aromatic heterocycles. The van der Waals surface area contributed by atoms with Gasteiger partial charge in [0.05, 0.1) is 19.3 Å². The molecule has 1 atom stereocenters. The van der Waals surface area contributed by atoms with E-state index in [-0.39, 0.29) is 24.0 Å². The summed E-state index contributed by atoms with van der Waals surface area (Å²) in [6.07, 6.45) is 10.1. The van der Waals surface area contributed by atoms with Gasteiger partial charge >= 0.3 is 10.2 Å². The number of aliphatic hydroxyl groups is 1. The van der Waals surface area contributed by atoms with Crippen molar-refractivity contribution in [3.05, 3.63) is 58.7 Å². The van der Waals surface area contributed by atoms with Crippen LogP contribution >= 0.6 is 0 Å². The van der Waals surface area contributed by atoms with Gasteiger partial charge in [-0.3, -0.25) is 9.59 Å². The first-order valence-electron chi connectivity index (χ1n) is 16.3. The third-order valence-electron chi connectivity index (χ3n) is 9.87. The van der Waals surface area contributed by atoms with Gasteiger partial charge in [0.2, 0.25) is 0 Å². The zero-order chi connectivity index (χ0) is 32.6. The Morgan fingerprint density at radius 3 is 2.54 bits per heavy atom. The lowest BCUT2D eigenvalue weighted by Gasteiger charge is -2.33. The lowest BCUT2D eigenvalue weighted by atomic mass is 9.81. The van der Waals surface area contributed by atoms with Crippen LogP contribution in [0.15, 0.2) is 42.0 Å². The van der Waals surface area contributed by atoms with Crippen molar-refractivity contribution in [1.29, 1.82) is 0 Å². The maximum absolute atomic E-state index is 14.3. The molecule has 0 spiro atoms. The molecule has 2 fully saturated rings. The molecule has 1 saturated heterocycles. The number of likely N-dealkylation sites (tertiary alicyclic amines) is 1. The molecule has 1 saturated carbocycles. The van der Waals surface area contributed by atoms with Gasteiger partial charge in [-0.25, -0.2) is 4.72 Å². The van der Waals surface area contributed by atoms with E-state index in [0.717, 1.165) is 70.6 Å². The van der Waals surface area contributed by atoms with Crippen LogP contribution in [0.25, 0.3) is 28.2 Å². The summed E-state index contributed by atoms with van der Waals surface area (Å²) in [6, 6.07) is 11.4. The van der Waals surface area contributed by atoms with Gasteiger partial charge in [0, 0.05) is 61.4 Å². The average molecular weight is 649 g/mol. The molecule has 246 valence electrons. The molecule has 3 heterocycles. The number of carbonyl (C=O) groups is 2. The first-order valence-corrected chi connectivity index (χ1v) is 17.7. The Kier molecular flexibility index (Phi) is 9.27. The van der Waals surface area contributed by atoms with E-state index in [1.807, 2.05) is 29.2 Å². The molecule has 0 radical (unpaired) electrons. The Morgan fingerprint density at radius 2 is 1.83 bits per heavy atom. The number of carbonyl (C=O) groups excluding carboxylic acids is 2. The van der Waals surface area contributed by atoms with Gasteiger partial charge in [0.15, 0.2) is 0 Å². The maximum Gasteiger partial charge on any atom is 0.303 e. The number of ether oxygens (including phenoxy) is 1. The number of hydrogen-bond acceptors (Lipinski definition) is 6. The van der Waals surface area contributed by atoms with Crippen molar-refractivity contribution in [2.45, 2.75) is 63.8 Å². The summed E-state index contributed by atoms with van der Waals surface area (Å²) >= 11 is 0. The van der Waals surface area contributed by atoms with Crippen molar-refractivity contribution in [3.8, 4) is 17.0 Å². The molecule has 1 unspecified atom stereocenters. The normalized spacial score (nSPS) is 18.9. The summed E-state index contributed by atoms with van der Waals surface area (Å²) in [4.78, 5) is 29.5. The van der Waals surface area contributed by atoms with Crippen LogP contribution in [-0.4, -0.2) is 80.0 Å². The van der Waals surface area contributed by atoms with Gasteiger partial charge in [0.25, 0.3) is 11.8 Å². The van der Waals surface area contributed by atoms with Gasteiger partial charge < -0.3 is 19.3 Å². The van der Waals surface area contributed by atoms with Gasteiger partial charge in [-0.2, -0.15) is 12.7 Å². The van der Waals surface area contributed by atoms with Crippen molar-refractivity contribution >= 4 is 39.0 Å². The Bertz CT molecular complexity index is 1790. The van der Waals surface area contributed by atoms with Gasteiger partial charge in [-0.15, -0.1) is 0 Å². The Labute approximate surface area is 271 Å². The van der Waals surface area contributed by atoms with Crippen LogP contribution in [-0.2, 0) is 21.5 Å². The minimum atomic E-state index is -3.98. The van der Waals surface area contributed by atoms with Crippen molar-refractivity contribution in [3.63, 3.8) is 0 Å². The van der Waals surface area contributed by atoms with E-state index >= 15 is 0 Å². The zero-order valence-electron chi connectivity index (χ0n) is 26.9. The van der Waals surface area contributed by atoms with Crippen LogP contribution < -0.4 is 9.46 Å². The van der Waals surface area contributed by atoms with Crippen LogP contribution in [0.3, 0.4) is 0 Å². The zero-order valence-corrected chi connectivity index (χ0v) is 27.7. The fraction of sp³-hybridized carbons (Fsp3) is 0.486. The number of benzene rings is 2. The highest BCUT2D eigenvalue weighted by Crippen LogP contribution is 2.47. The number of hydrogen-bond donors (Lipinski definition) is 2. The topological polar surface area (TPSA) is 121 Å². The summed E-state index contributed by atoms with van der Waals surface area (Å²) in [7, 11) is 0.392. The predicted octanol–water partition coefficient (Wildman–Crippen LogP) is 4.92. The first-order chi connectivity index (χ1) is 22.1. The highest BCUT2D eigenvalue weighted by Gasteiger charge is 2.33. The second kappa shape index (κ2) is 13.2. The van der Waals surface area contributed by atoms with Crippen LogP contribution in [0.5, 0.6) is 5.75 Å². The van der Waals surface area contributed by atoms with Crippen molar-refractivity contribution < 1.29 is 27.9 Å². The lowest BCUT2D eigenvalue weighted by molar-refractivity contribution is -0.129. The smallest absolute Gasteiger partial charge is 0.303 e. The highest BCUT2D eigenvalue weighted by atomic mass is 32.2. The van der Waals surface area contributed by atoms with E-state index in [9.17, 15) is 23.1 Å². The summed E-state index contributed by atoms with van der Waals surface area (Å²) in [5, 5.41) is 10.6. The SMILES string of the molecule is COc1ccc2c(c1)C=C(C(=O)N1CCCC(CCO)C1)Cn1c-2c(C2CCCCC2)c2ccc(C(=O)NS(=O)(=O)N(C)C)cc21. The van der Waals surface area contributed by atoms with E-state index < -0.39 is 16.1 Å². The molecule has 0 bridgehead atoms. The molecular formula is C35H44N4O6S. The molecule has 6 rings (SSSR count). The van der Waals surface area contributed by atoms with E-state index in [2.05, 4.69) is 15.4 Å². The average Bonchev–Trinajstić information content (AvgIpc) is 3.27. The molecule has 3 aromatic rings. The lowest BCUT2D eigenvalue weighted by Crippen LogP contribution is -2.41. The Morgan fingerprint density at radius 1 is 1.04 bits per heavy atom. The van der Waals surface area contributed by atoms with Crippen LogP contribution in [0.1, 0.15) is 78.8 Å². The molecule has 2 aliphatic heterocycles. The molecule has 2 amide bonds. The number of amides is 2. The van der Waals surface area contributed by atoms with E-state index in [1.165, 1.54) is 26.1 Å². The van der Waals surface area contributed by atoms with Crippen LogP contribution in [0, 0.1) is 5.92 Å². The fourth-order valence-corrected chi connectivity index (χ4v) is 7.99. The van der Waals surface area contributed by atoms with Gasteiger partial charge in [0.1, 0.15) is 5.75 Å². The van der Waals surface area contributed by atoms with Crippen molar-refractivity contribution in [2.24, 2.45) is 5.92 Å². The third kappa shape index (κ3) is 6.20. The number of rotatable bonds is 8. The van der Waals surface area contributed by atoms with E-state index in [4.69, 9.17) is 4.74 Å². The Balaban J connectivity index is 1.53. The van der Waals surface area contributed by atoms with Crippen molar-refractivity contribution in [2.75, 3.05) is 40.9 Å². The summed E-state index contributed by atoms with van der Waals surface area (Å²) < 4.78 is 35.9. The quantitative estimate of drug-likeness (QED) is 0.358. The summed E-state index contributed by atoms with van der Waals surface area (Å²) in [6.45, 7) is 1.69. The van der Waals surface area contributed by atoms with Crippen LogP contribution in [0.4, 0.5) is 0 Å². The van der Waals surface area contributed by atoms with Crippen molar-refractivity contribution in [1.82, 2.24) is 18.5 Å². The largest absolute Gasteiger partial charge is 0.497 e. The number of fused-ring (bicyclic) bond motifs is 5. The summed E-state index contributed by atoms with van der Waals surface area (Å²) in [5.74, 6) is 0.541. The second-order valence-electron chi connectivity index (χ2n) is 13.0. The molecule has 3 aliphatic rings. The van der Waals surface area contributed by atoms with E-state index in [1.54, 1.807) is 19.2 Å². The first kappa shape index (κ1) is 32.3. The predicted molar refractivity (Wildman–Crippen MR) is 179 cm³/mol. The van der Waals surface area contributed by atoms with E-state index in [0.29, 0.717) is 43.3 Å². The number of piperidine rings is 1. The minimum absolute atomic E-state index is 0.0312. The maximum atomic E-state index is 14.3. The standard InChI is InChI=1S/C35H44N4O6S/c1-37(2)46(43,44)36-34(41)25-11-13-30-31(20-25)39-22-27(35(42)38-16-7-8-23(21-38)15-17-40)18-26-19-28(45-3)12-14-29(26)33(39)32(30)24-9-5-4-6-10-24/h11-14,18-20,23-24,40H,4-10,15-17,21-22H2,1-3H3,(H,36,41). The number of aromatic nitrogens is 1. The fourth-order valence-electron chi connectivity index (χ4n) is 7.45. The molecule has 11 heteroatoms. The third-order valence-corrected chi connectivity index (χ3v) is 11.3. The molecular weight excluding hydrogens is 604 g/mol. The molecule has 46 heavy (non-hydrogen) atoms. The highest BCUT2D eigenvalue weighted by molar-refractivity contribution is 7.87. The summed E-state index contributed by atoms with van der Waals surface area (Å²) in [5.41, 5.74) is 5.82. The van der Waals surface area contributed by atoms with Crippen LogP contribution in [0.2, 0.25) is 0 Å². The van der Waals surface area contributed by atoms with Gasteiger partial charge in [-0.05, 0) is 91.5 Å². The molecule has 2 aromatic carbocycles. The number of aliphatic hydroxyl groups excluding tert-OH is 1. The number of nitrogens with one attached hydrogen (secondary N) is 1. The monoisotopic (exact) mass is 648 g/mol. The molecule has 1 aliphatic carbocycles. The molecule has 10 nitrogen and oxygen atoms in total. The Hall–Kier alpha value is -3.67. The number of methoxy groups -OCH3 is 1. The second-order valence-corrected chi connectivity index (χ2v) is 14.9.